The Morgan fingerprint density at radius 2 is 1.62 bits per heavy atom. The van der Waals surface area contributed by atoms with Crippen LogP contribution in [0.4, 0.5) is 5.69 Å². The minimum Gasteiger partial charge on any atom is -0.490 e. The minimum absolute atomic E-state index is 0.0797. The molecule has 1 aromatic heterocycles. The van der Waals surface area contributed by atoms with Gasteiger partial charge in [0, 0.05) is 54.9 Å². The highest BCUT2D eigenvalue weighted by atomic mass is 32.2. The van der Waals surface area contributed by atoms with Gasteiger partial charge in [0.2, 0.25) is 0 Å². The number of carbonyl (C=O) groups excluding carboxylic acids is 1. The van der Waals surface area contributed by atoms with Gasteiger partial charge in [-0.2, -0.15) is 8.42 Å². The number of nitrogens with one attached hydrogen (secondary N) is 2. The van der Waals surface area contributed by atoms with Crippen LogP contribution in [0.1, 0.15) is 34.3 Å². The molecule has 9 heteroatoms. The molecule has 0 radical (unpaired) electrons. The Morgan fingerprint density at radius 3 is 2.36 bits per heavy atom. The van der Waals surface area contributed by atoms with Gasteiger partial charge in [-0.05, 0) is 66.6 Å². The van der Waals surface area contributed by atoms with E-state index in [0.717, 1.165) is 27.7 Å². The summed E-state index contributed by atoms with van der Waals surface area (Å²) < 4.78 is 37.1. The molecule has 1 heterocycles. The van der Waals surface area contributed by atoms with Crippen LogP contribution in [-0.2, 0) is 10.1 Å². The molecule has 8 nitrogen and oxygen atoms in total. The molecule has 5 aromatic rings. The van der Waals surface area contributed by atoms with Crippen molar-refractivity contribution in [1.82, 2.24) is 10.3 Å². The Balaban J connectivity index is 1.38. The van der Waals surface area contributed by atoms with Crippen molar-refractivity contribution in [2.24, 2.45) is 0 Å². The van der Waals surface area contributed by atoms with Gasteiger partial charge in [-0.1, -0.05) is 48.5 Å². The third kappa shape index (κ3) is 6.26. The molecular weight excluding hydrogens is 550 g/mol. The second-order valence-corrected chi connectivity index (χ2v) is 11.5. The Hall–Kier alpha value is -4.76. The van der Waals surface area contributed by atoms with Crippen molar-refractivity contribution in [2.75, 3.05) is 32.1 Å². The Morgan fingerprint density at radius 1 is 0.905 bits per heavy atom. The number of nitrogens with zero attached hydrogens (tertiary/aromatic N) is 1. The number of rotatable bonds is 11. The summed E-state index contributed by atoms with van der Waals surface area (Å²) in [6, 6.07) is 28.7. The topological polar surface area (TPSA) is 101 Å². The zero-order valence-corrected chi connectivity index (χ0v) is 24.5. The molecule has 5 rings (SSSR count). The number of para-hydroxylation sites is 3. The number of hydrogen-bond donors (Lipinski definition) is 2. The summed E-state index contributed by atoms with van der Waals surface area (Å²) in [6.45, 7) is 2.46. The molecule has 1 unspecified atom stereocenters. The molecule has 1 amide bonds. The van der Waals surface area contributed by atoms with E-state index in [-0.39, 0.29) is 22.1 Å². The van der Waals surface area contributed by atoms with Crippen LogP contribution in [0.15, 0.2) is 108 Å². The maximum atomic E-state index is 13.4. The van der Waals surface area contributed by atoms with Gasteiger partial charge in [0.1, 0.15) is 4.90 Å². The number of aromatic nitrogens is 1. The fourth-order valence-electron chi connectivity index (χ4n) is 4.84. The normalized spacial score (nSPS) is 12.1. The van der Waals surface area contributed by atoms with Gasteiger partial charge in [-0.3, -0.25) is 4.79 Å². The van der Waals surface area contributed by atoms with Crippen molar-refractivity contribution in [3.8, 4) is 11.5 Å². The number of hydrogen-bond acceptors (Lipinski definition) is 6. The molecule has 0 saturated carbocycles. The van der Waals surface area contributed by atoms with Crippen molar-refractivity contribution >= 4 is 32.6 Å². The van der Waals surface area contributed by atoms with E-state index in [1.807, 2.05) is 43.4 Å². The van der Waals surface area contributed by atoms with Gasteiger partial charge < -0.3 is 24.1 Å². The van der Waals surface area contributed by atoms with E-state index in [1.165, 1.54) is 24.3 Å². The number of anilines is 1. The third-order valence-corrected chi connectivity index (χ3v) is 8.24. The molecule has 0 spiro atoms. The van der Waals surface area contributed by atoms with Crippen molar-refractivity contribution in [3.05, 3.63) is 120 Å². The molecule has 2 N–H and O–H groups in total. The first-order chi connectivity index (χ1) is 20.3. The van der Waals surface area contributed by atoms with Gasteiger partial charge in [0.15, 0.2) is 11.5 Å². The van der Waals surface area contributed by atoms with Gasteiger partial charge >= 0.3 is 10.1 Å². The zero-order chi connectivity index (χ0) is 29.7. The molecule has 0 aliphatic carbocycles. The lowest BCUT2D eigenvalue weighted by molar-refractivity contribution is 0.0952. The average molecular weight is 584 g/mol. The lowest BCUT2D eigenvalue weighted by Crippen LogP contribution is -2.29. The average Bonchev–Trinajstić information content (AvgIpc) is 3.42. The van der Waals surface area contributed by atoms with E-state index in [4.69, 9.17) is 8.92 Å². The van der Waals surface area contributed by atoms with Crippen molar-refractivity contribution in [2.45, 2.75) is 17.7 Å². The largest absolute Gasteiger partial charge is 0.490 e. The first-order valence-electron chi connectivity index (χ1n) is 13.6. The van der Waals surface area contributed by atoms with E-state index >= 15 is 0 Å². The summed E-state index contributed by atoms with van der Waals surface area (Å²) in [4.78, 5) is 18.6. The molecule has 0 aliphatic heterocycles. The van der Waals surface area contributed by atoms with Gasteiger partial charge in [-0.15, -0.1) is 0 Å². The predicted molar refractivity (Wildman–Crippen MR) is 165 cm³/mol. The van der Waals surface area contributed by atoms with Crippen LogP contribution in [0.3, 0.4) is 0 Å². The summed E-state index contributed by atoms with van der Waals surface area (Å²) >= 11 is 0. The van der Waals surface area contributed by atoms with Crippen LogP contribution in [0.5, 0.6) is 11.5 Å². The summed E-state index contributed by atoms with van der Waals surface area (Å²) in [6.07, 6.45) is 1.98. The Bertz CT molecular complexity index is 1800. The van der Waals surface area contributed by atoms with Crippen LogP contribution in [0.2, 0.25) is 0 Å². The number of benzene rings is 4. The van der Waals surface area contributed by atoms with E-state index < -0.39 is 16.0 Å². The Kier molecular flexibility index (Phi) is 8.49. The number of aromatic amines is 1. The van der Waals surface area contributed by atoms with E-state index in [1.54, 1.807) is 31.2 Å². The lowest BCUT2D eigenvalue weighted by atomic mass is 9.90. The summed E-state index contributed by atoms with van der Waals surface area (Å²) in [5.41, 5.74) is 4.39. The molecule has 0 aliphatic rings. The van der Waals surface area contributed by atoms with E-state index in [9.17, 15) is 13.2 Å². The number of ether oxygens (including phenoxy) is 1. The maximum absolute atomic E-state index is 13.4. The summed E-state index contributed by atoms with van der Waals surface area (Å²) in [7, 11) is -0.244. The first kappa shape index (κ1) is 28.8. The predicted octanol–water partition coefficient (Wildman–Crippen LogP) is 5.96. The standard InChI is InChI=1S/C33H33N3O5S/c1-4-40-31-14-7-8-15-32(31)41-42(38,39)26-11-9-10-24(20-26)33(37)35-21-28(23-16-18-25(19-17-23)36(2)3)29-22-34-30-13-6-5-12-27(29)30/h5-20,22,28,34H,4,21H2,1-3H3,(H,35,37). The smallest absolute Gasteiger partial charge is 0.339 e. The van der Waals surface area contributed by atoms with Gasteiger partial charge in [-0.25, -0.2) is 0 Å². The highest BCUT2D eigenvalue weighted by Crippen LogP contribution is 2.32. The van der Waals surface area contributed by atoms with E-state index in [2.05, 4.69) is 40.6 Å². The molecule has 1 atom stereocenters. The molecule has 0 saturated heterocycles. The van der Waals surface area contributed by atoms with Crippen LogP contribution >= 0.6 is 0 Å². The minimum atomic E-state index is -4.22. The van der Waals surface area contributed by atoms with Crippen LogP contribution in [0.25, 0.3) is 10.9 Å². The van der Waals surface area contributed by atoms with Crippen molar-refractivity contribution in [1.29, 1.82) is 0 Å². The monoisotopic (exact) mass is 583 g/mol. The lowest BCUT2D eigenvalue weighted by Gasteiger charge is -2.20. The number of fused-ring (bicyclic) bond motifs is 1. The first-order valence-corrected chi connectivity index (χ1v) is 15.1. The fraction of sp³-hybridized carbons (Fsp3) is 0.182. The molecule has 0 bridgehead atoms. The highest BCUT2D eigenvalue weighted by molar-refractivity contribution is 7.87. The second-order valence-electron chi connectivity index (χ2n) is 9.98. The molecule has 0 fully saturated rings. The van der Waals surface area contributed by atoms with Crippen molar-refractivity contribution in [3.63, 3.8) is 0 Å². The van der Waals surface area contributed by atoms with Crippen LogP contribution in [0, 0.1) is 0 Å². The number of amides is 1. The quantitative estimate of drug-likeness (QED) is 0.186. The zero-order valence-electron chi connectivity index (χ0n) is 23.7. The highest BCUT2D eigenvalue weighted by Gasteiger charge is 2.23. The van der Waals surface area contributed by atoms with Crippen molar-refractivity contribution < 1.29 is 22.1 Å². The van der Waals surface area contributed by atoms with Crippen LogP contribution < -0.4 is 19.1 Å². The third-order valence-electron chi connectivity index (χ3n) is 7.01. The number of carbonyl (C=O) groups is 1. The second kappa shape index (κ2) is 12.4. The van der Waals surface area contributed by atoms with Gasteiger partial charge in [0.05, 0.1) is 6.61 Å². The summed E-state index contributed by atoms with van der Waals surface area (Å²) in [5, 5.41) is 4.10. The fourth-order valence-corrected chi connectivity index (χ4v) is 5.83. The number of H-pyrrole nitrogens is 1. The molecule has 42 heavy (non-hydrogen) atoms. The van der Waals surface area contributed by atoms with Gasteiger partial charge in [0.25, 0.3) is 5.91 Å². The van der Waals surface area contributed by atoms with Crippen LogP contribution in [-0.4, -0.2) is 46.6 Å². The maximum Gasteiger partial charge on any atom is 0.339 e. The molecular formula is C33H33N3O5S. The molecule has 4 aromatic carbocycles. The van der Waals surface area contributed by atoms with E-state index in [0.29, 0.717) is 18.9 Å². The SMILES string of the molecule is CCOc1ccccc1OS(=O)(=O)c1cccc(C(=O)NCC(c2ccc(N(C)C)cc2)c2c[nH]c3ccccc23)c1. The Labute approximate surface area is 246 Å². The summed E-state index contributed by atoms with van der Waals surface area (Å²) in [5.74, 6) is -0.140. The molecule has 216 valence electrons.